The van der Waals surface area contributed by atoms with Crippen LogP contribution in [0, 0.1) is 5.21 Å². The standard InChI is InChI=1S/C17H18NO4P/c1-17(13-8-14-18(17)19)23(20,21-15-9-4-2-5-10-15)22-16-11-6-3-7-12-16/h2-7,9-12,14H,8,13H2,1H3. The van der Waals surface area contributed by atoms with Crippen LogP contribution in [0.15, 0.2) is 60.7 Å². The minimum Gasteiger partial charge on any atom is -0.623 e. The highest BCUT2D eigenvalue weighted by Crippen LogP contribution is 2.62. The van der Waals surface area contributed by atoms with Gasteiger partial charge < -0.3 is 14.3 Å². The molecule has 1 unspecified atom stereocenters. The zero-order chi connectivity index (χ0) is 16.3. The topological polar surface area (TPSA) is 61.6 Å². The molecule has 23 heavy (non-hydrogen) atoms. The fourth-order valence-electron chi connectivity index (χ4n) is 2.48. The normalized spacial score (nSPS) is 20.8. The first kappa shape index (κ1) is 15.6. The highest BCUT2D eigenvalue weighted by Gasteiger charge is 2.59. The Hall–Kier alpha value is -2.26. The Balaban J connectivity index is 1.99. The zero-order valence-electron chi connectivity index (χ0n) is 12.8. The van der Waals surface area contributed by atoms with Crippen LogP contribution in [0.1, 0.15) is 19.8 Å². The van der Waals surface area contributed by atoms with Crippen LogP contribution in [-0.2, 0) is 4.57 Å². The molecule has 0 amide bonds. The molecule has 0 radical (unpaired) electrons. The molecule has 6 heteroatoms. The third-order valence-corrected chi connectivity index (χ3v) is 6.42. The molecule has 0 aliphatic carbocycles. The number of benzene rings is 2. The van der Waals surface area contributed by atoms with Gasteiger partial charge in [-0.3, -0.25) is 0 Å². The van der Waals surface area contributed by atoms with Gasteiger partial charge in [0.1, 0.15) is 11.5 Å². The number of rotatable bonds is 5. The van der Waals surface area contributed by atoms with Gasteiger partial charge in [0.05, 0.1) is 0 Å². The number of para-hydroxylation sites is 2. The average Bonchev–Trinajstić information content (AvgIpc) is 2.90. The van der Waals surface area contributed by atoms with E-state index in [-0.39, 0.29) is 0 Å². The highest BCUT2D eigenvalue weighted by atomic mass is 31.2. The second kappa shape index (κ2) is 6.09. The molecule has 0 fully saturated rings. The lowest BCUT2D eigenvalue weighted by Crippen LogP contribution is -2.36. The summed E-state index contributed by atoms with van der Waals surface area (Å²) in [4.78, 5) is 0. The third kappa shape index (κ3) is 2.97. The van der Waals surface area contributed by atoms with Gasteiger partial charge in [-0.15, -0.1) is 0 Å². The molecule has 0 bridgehead atoms. The molecular formula is C17H18NO4P. The van der Waals surface area contributed by atoms with E-state index in [2.05, 4.69) is 0 Å². The summed E-state index contributed by atoms with van der Waals surface area (Å²) in [7, 11) is -3.80. The van der Waals surface area contributed by atoms with Crippen molar-refractivity contribution < 1.29 is 18.4 Å². The van der Waals surface area contributed by atoms with Gasteiger partial charge >= 0.3 is 7.60 Å². The smallest absolute Gasteiger partial charge is 0.502 e. The molecule has 1 aliphatic rings. The summed E-state index contributed by atoms with van der Waals surface area (Å²) >= 11 is 0. The molecule has 1 aliphatic heterocycles. The van der Waals surface area contributed by atoms with Gasteiger partial charge in [-0.2, -0.15) is 4.74 Å². The Kier molecular flexibility index (Phi) is 4.14. The third-order valence-electron chi connectivity index (χ3n) is 3.92. The average molecular weight is 331 g/mol. The fourth-order valence-corrected chi connectivity index (χ4v) is 4.43. The van der Waals surface area contributed by atoms with Crippen molar-refractivity contribution in [1.29, 1.82) is 0 Å². The maximum Gasteiger partial charge on any atom is 0.502 e. The number of hydroxylamine groups is 1. The summed E-state index contributed by atoms with van der Waals surface area (Å²) in [5.41, 5.74) is 0. The monoisotopic (exact) mass is 331 g/mol. The van der Waals surface area contributed by atoms with Crippen molar-refractivity contribution in [2.75, 3.05) is 0 Å². The molecule has 120 valence electrons. The SMILES string of the molecule is CC1(P(=O)(Oc2ccccc2)Oc2ccccc2)CCC=[N+]1[O-]. The molecule has 0 saturated carbocycles. The molecule has 0 spiro atoms. The predicted molar refractivity (Wildman–Crippen MR) is 89.1 cm³/mol. The lowest BCUT2D eigenvalue weighted by molar-refractivity contribution is -0.506. The van der Waals surface area contributed by atoms with Gasteiger partial charge in [0.25, 0.3) is 5.28 Å². The Labute approximate surface area is 135 Å². The maximum atomic E-state index is 13.6. The summed E-state index contributed by atoms with van der Waals surface area (Å²) in [6, 6.07) is 17.6. The Morgan fingerprint density at radius 3 is 1.87 bits per heavy atom. The van der Waals surface area contributed by atoms with Crippen LogP contribution < -0.4 is 9.05 Å². The summed E-state index contributed by atoms with van der Waals surface area (Å²) in [5.74, 6) is 0.821. The molecule has 0 saturated heterocycles. The van der Waals surface area contributed by atoms with Crippen molar-refractivity contribution in [1.82, 2.24) is 0 Å². The van der Waals surface area contributed by atoms with E-state index in [1.807, 2.05) is 12.1 Å². The lowest BCUT2D eigenvalue weighted by atomic mass is 10.2. The van der Waals surface area contributed by atoms with Crippen LogP contribution in [0.5, 0.6) is 11.5 Å². The van der Waals surface area contributed by atoms with E-state index in [1.165, 1.54) is 6.21 Å². The van der Waals surface area contributed by atoms with Crippen LogP contribution in [0.2, 0.25) is 0 Å². The first-order chi connectivity index (χ1) is 11.0. The summed E-state index contributed by atoms with van der Waals surface area (Å²) in [5, 5.41) is 11.0. The first-order valence-corrected chi connectivity index (χ1v) is 8.97. The molecule has 2 aromatic rings. The van der Waals surface area contributed by atoms with E-state index >= 15 is 0 Å². The van der Waals surface area contributed by atoms with Crippen LogP contribution in [0.4, 0.5) is 0 Å². The molecule has 5 nitrogen and oxygen atoms in total. The van der Waals surface area contributed by atoms with E-state index in [1.54, 1.807) is 55.5 Å². The van der Waals surface area contributed by atoms with Crippen molar-refractivity contribution in [3.05, 3.63) is 65.9 Å². The number of hydrogen-bond acceptors (Lipinski definition) is 4. The van der Waals surface area contributed by atoms with Crippen molar-refractivity contribution in [2.24, 2.45) is 0 Å². The van der Waals surface area contributed by atoms with Crippen LogP contribution >= 0.6 is 7.60 Å². The second-order valence-electron chi connectivity index (χ2n) is 5.57. The van der Waals surface area contributed by atoms with Gasteiger partial charge in [0, 0.05) is 19.8 Å². The van der Waals surface area contributed by atoms with Crippen LogP contribution in [0.3, 0.4) is 0 Å². The minimum atomic E-state index is -3.80. The first-order valence-electron chi connectivity index (χ1n) is 7.43. The van der Waals surface area contributed by atoms with Crippen molar-refractivity contribution >= 4 is 13.8 Å². The van der Waals surface area contributed by atoms with Crippen LogP contribution in [-0.4, -0.2) is 16.2 Å². The van der Waals surface area contributed by atoms with Crippen molar-refractivity contribution in [3.8, 4) is 11.5 Å². The van der Waals surface area contributed by atoms with E-state index in [4.69, 9.17) is 9.05 Å². The Bertz CT molecular complexity index is 702. The molecule has 1 atom stereocenters. The molecule has 0 N–H and O–H groups in total. The van der Waals surface area contributed by atoms with Gasteiger partial charge in [-0.25, -0.2) is 4.57 Å². The highest BCUT2D eigenvalue weighted by molar-refractivity contribution is 7.56. The van der Waals surface area contributed by atoms with Crippen LogP contribution in [0.25, 0.3) is 0 Å². The van der Waals surface area contributed by atoms with Gasteiger partial charge in [0.2, 0.25) is 0 Å². The molecule has 0 aromatic heterocycles. The Morgan fingerprint density at radius 2 is 1.48 bits per heavy atom. The number of nitrogens with zero attached hydrogens (tertiary/aromatic N) is 1. The molecular weight excluding hydrogens is 313 g/mol. The van der Waals surface area contributed by atoms with Gasteiger partial charge in [0.15, 0.2) is 6.21 Å². The predicted octanol–water partition coefficient (Wildman–Crippen LogP) is 4.43. The minimum absolute atomic E-state index is 0.410. The molecule has 3 rings (SSSR count). The maximum absolute atomic E-state index is 13.6. The summed E-state index contributed by atoms with van der Waals surface area (Å²) in [6.07, 6.45) is 2.43. The fraction of sp³-hybridized carbons (Fsp3) is 0.235. The van der Waals surface area contributed by atoms with E-state index in [9.17, 15) is 9.77 Å². The lowest BCUT2D eigenvalue weighted by Gasteiger charge is -2.31. The zero-order valence-corrected chi connectivity index (χ0v) is 13.7. The van der Waals surface area contributed by atoms with E-state index in [0.29, 0.717) is 29.1 Å². The summed E-state index contributed by atoms with van der Waals surface area (Å²) in [6.45, 7) is 1.62. The largest absolute Gasteiger partial charge is 0.623 e. The van der Waals surface area contributed by atoms with Crippen molar-refractivity contribution in [2.45, 2.75) is 25.0 Å². The van der Waals surface area contributed by atoms with Gasteiger partial charge in [-0.05, 0) is 24.3 Å². The molecule has 2 aromatic carbocycles. The Morgan fingerprint density at radius 1 is 1.00 bits per heavy atom. The molecule has 1 heterocycles. The summed E-state index contributed by atoms with van der Waals surface area (Å²) < 4.78 is 25.8. The van der Waals surface area contributed by atoms with E-state index < -0.39 is 12.9 Å². The quantitative estimate of drug-likeness (QED) is 0.462. The van der Waals surface area contributed by atoms with Gasteiger partial charge in [-0.1, -0.05) is 36.4 Å². The van der Waals surface area contributed by atoms with Crippen molar-refractivity contribution in [3.63, 3.8) is 0 Å². The van der Waals surface area contributed by atoms with E-state index in [0.717, 1.165) is 0 Å². The second-order valence-corrected chi connectivity index (χ2v) is 7.89. The number of hydrogen-bond donors (Lipinski definition) is 0.